The van der Waals surface area contributed by atoms with Crippen molar-refractivity contribution in [1.82, 2.24) is 25.1 Å². The summed E-state index contributed by atoms with van der Waals surface area (Å²) in [5.74, 6) is 1.87. The highest BCUT2D eigenvalue weighted by Crippen LogP contribution is 2.28. The lowest BCUT2D eigenvalue weighted by molar-refractivity contribution is 0.0943. The number of hydrogen-bond donors (Lipinski definition) is 2. The zero-order valence-electron chi connectivity index (χ0n) is 18.1. The van der Waals surface area contributed by atoms with Crippen LogP contribution in [0.4, 0.5) is 11.8 Å². The molecule has 4 rings (SSSR count). The number of halogens is 1. The van der Waals surface area contributed by atoms with Gasteiger partial charge in [-0.05, 0) is 43.7 Å². The van der Waals surface area contributed by atoms with Gasteiger partial charge in [-0.2, -0.15) is 10.1 Å². The predicted molar refractivity (Wildman–Crippen MR) is 124 cm³/mol. The van der Waals surface area contributed by atoms with Gasteiger partial charge in [-0.25, -0.2) is 4.98 Å². The molecule has 0 bridgehead atoms. The minimum absolute atomic E-state index is 0.167. The smallest absolute Gasteiger partial charge is 0.256 e. The number of anilines is 2. The summed E-state index contributed by atoms with van der Waals surface area (Å²) >= 11 is 6.10. The maximum Gasteiger partial charge on any atom is 0.256 e. The molecular weight excluding hydrogens is 414 g/mol. The lowest BCUT2D eigenvalue weighted by atomic mass is 9.86. The Bertz CT molecular complexity index is 1070. The average Bonchev–Trinajstić information content (AvgIpc) is 3.11. The minimum atomic E-state index is -0.167. The van der Waals surface area contributed by atoms with E-state index in [0.29, 0.717) is 35.2 Å². The summed E-state index contributed by atoms with van der Waals surface area (Å²) in [5, 5.41) is 12.0. The Hall–Kier alpha value is -2.87. The first-order valence-electron chi connectivity index (χ1n) is 10.6. The van der Waals surface area contributed by atoms with E-state index in [1.54, 1.807) is 7.05 Å². The highest BCUT2D eigenvalue weighted by Gasteiger charge is 2.23. The number of para-hydroxylation sites is 1. The minimum Gasteiger partial charge on any atom is -0.362 e. The fourth-order valence-electron chi connectivity index (χ4n) is 4.07. The number of rotatable bonds is 6. The van der Waals surface area contributed by atoms with Crippen molar-refractivity contribution in [3.05, 3.63) is 41.2 Å². The van der Waals surface area contributed by atoms with Gasteiger partial charge >= 0.3 is 0 Å². The van der Waals surface area contributed by atoms with Crippen LogP contribution in [0.15, 0.2) is 30.5 Å². The molecule has 2 heterocycles. The Labute approximate surface area is 187 Å². The highest BCUT2D eigenvalue weighted by molar-refractivity contribution is 6.32. The van der Waals surface area contributed by atoms with E-state index in [9.17, 15) is 4.79 Å². The summed E-state index contributed by atoms with van der Waals surface area (Å²) in [7, 11) is 5.71. The molecule has 0 saturated heterocycles. The molecule has 0 spiro atoms. The zero-order valence-corrected chi connectivity index (χ0v) is 18.9. The Morgan fingerprint density at radius 1 is 1.19 bits per heavy atom. The molecule has 164 valence electrons. The van der Waals surface area contributed by atoms with Crippen molar-refractivity contribution in [1.29, 1.82) is 0 Å². The van der Waals surface area contributed by atoms with Crippen LogP contribution in [-0.2, 0) is 7.05 Å². The van der Waals surface area contributed by atoms with E-state index >= 15 is 0 Å². The van der Waals surface area contributed by atoms with E-state index in [4.69, 9.17) is 21.6 Å². The Morgan fingerprint density at radius 2 is 1.94 bits per heavy atom. The number of amides is 1. The molecule has 31 heavy (non-hydrogen) atoms. The van der Waals surface area contributed by atoms with Crippen LogP contribution in [0.3, 0.4) is 0 Å². The molecule has 0 atom stereocenters. The molecule has 2 N–H and O–H groups in total. The molecule has 1 amide bonds. The number of aryl methyl sites for hydroxylation is 1. The van der Waals surface area contributed by atoms with Crippen LogP contribution in [0.5, 0.6) is 0 Å². The van der Waals surface area contributed by atoms with E-state index in [1.807, 2.05) is 43.3 Å². The number of carbonyl (C=O) groups is 1. The van der Waals surface area contributed by atoms with Crippen molar-refractivity contribution in [2.24, 2.45) is 13.0 Å². The quantitative estimate of drug-likeness (QED) is 0.608. The van der Waals surface area contributed by atoms with Crippen LogP contribution in [0.1, 0.15) is 36.0 Å². The van der Waals surface area contributed by atoms with E-state index in [1.165, 1.54) is 10.9 Å². The third kappa shape index (κ3) is 4.74. The monoisotopic (exact) mass is 441 g/mol. The Morgan fingerprint density at radius 3 is 2.61 bits per heavy atom. The predicted octanol–water partition coefficient (Wildman–Crippen LogP) is 3.48. The maximum absolute atomic E-state index is 12.3. The van der Waals surface area contributed by atoms with Crippen LogP contribution < -0.4 is 15.5 Å². The zero-order chi connectivity index (χ0) is 22.0. The van der Waals surface area contributed by atoms with Crippen molar-refractivity contribution < 1.29 is 4.79 Å². The van der Waals surface area contributed by atoms with Gasteiger partial charge in [-0.15, -0.1) is 0 Å². The van der Waals surface area contributed by atoms with Crippen molar-refractivity contribution in [2.45, 2.75) is 31.7 Å². The van der Waals surface area contributed by atoms with Gasteiger partial charge in [-0.3, -0.25) is 9.48 Å². The van der Waals surface area contributed by atoms with Gasteiger partial charge in [0.1, 0.15) is 11.0 Å². The van der Waals surface area contributed by atoms with Crippen molar-refractivity contribution in [2.75, 3.05) is 30.9 Å². The van der Waals surface area contributed by atoms with Gasteiger partial charge in [0, 0.05) is 39.1 Å². The van der Waals surface area contributed by atoms with E-state index in [2.05, 4.69) is 15.7 Å². The molecule has 9 heteroatoms. The molecule has 1 aliphatic rings. The van der Waals surface area contributed by atoms with Crippen LogP contribution in [0.2, 0.25) is 5.15 Å². The van der Waals surface area contributed by atoms with Gasteiger partial charge in [0.15, 0.2) is 0 Å². The topological polar surface area (TPSA) is 88.0 Å². The highest BCUT2D eigenvalue weighted by atomic mass is 35.5. The number of fused-ring (bicyclic) bond motifs is 1. The molecule has 0 unspecified atom stereocenters. The first kappa shape index (κ1) is 21.4. The molecule has 1 saturated carbocycles. The molecule has 1 aliphatic carbocycles. The second-order valence-corrected chi connectivity index (χ2v) is 8.69. The summed E-state index contributed by atoms with van der Waals surface area (Å²) in [6.45, 7) is 0.647. The van der Waals surface area contributed by atoms with Crippen LogP contribution in [0.25, 0.3) is 10.9 Å². The fraction of sp³-hybridized carbons (Fsp3) is 0.455. The Kier molecular flexibility index (Phi) is 6.27. The van der Waals surface area contributed by atoms with Gasteiger partial charge in [0.2, 0.25) is 5.95 Å². The second-order valence-electron chi connectivity index (χ2n) is 8.33. The van der Waals surface area contributed by atoms with Crippen molar-refractivity contribution in [3.8, 4) is 0 Å². The lowest BCUT2D eigenvalue weighted by Crippen LogP contribution is -2.34. The number of carbonyl (C=O) groups excluding carboxylic acids is 1. The normalized spacial score (nSPS) is 18.7. The third-order valence-electron chi connectivity index (χ3n) is 5.85. The first-order valence-corrected chi connectivity index (χ1v) is 11.0. The van der Waals surface area contributed by atoms with E-state index in [0.717, 1.165) is 42.4 Å². The average molecular weight is 442 g/mol. The SMILES string of the molecule is CN(C)c1nc(N[C@H]2CC[C@@H](CNC(=O)c3cnn(C)c3Cl)CC2)nc2ccccc12. The molecule has 3 aromatic rings. The van der Waals surface area contributed by atoms with Crippen molar-refractivity contribution >= 4 is 40.2 Å². The first-order chi connectivity index (χ1) is 14.9. The molecule has 2 aromatic heterocycles. The van der Waals surface area contributed by atoms with Gasteiger partial charge < -0.3 is 15.5 Å². The van der Waals surface area contributed by atoms with Gasteiger partial charge in [0.25, 0.3) is 5.91 Å². The van der Waals surface area contributed by atoms with Crippen LogP contribution >= 0.6 is 11.6 Å². The molecular formula is C22H28ClN7O. The van der Waals surface area contributed by atoms with Gasteiger partial charge in [0.05, 0.1) is 17.3 Å². The number of aromatic nitrogens is 4. The van der Waals surface area contributed by atoms with E-state index < -0.39 is 0 Å². The summed E-state index contributed by atoms with van der Waals surface area (Å²) in [6.07, 6.45) is 5.60. The maximum atomic E-state index is 12.3. The number of nitrogens with one attached hydrogen (secondary N) is 2. The summed E-state index contributed by atoms with van der Waals surface area (Å²) in [5.41, 5.74) is 1.36. The van der Waals surface area contributed by atoms with Crippen LogP contribution in [0, 0.1) is 5.92 Å². The number of hydrogen-bond acceptors (Lipinski definition) is 6. The summed E-state index contributed by atoms with van der Waals surface area (Å²) in [6, 6.07) is 8.40. The number of nitrogens with zero attached hydrogens (tertiary/aromatic N) is 5. The molecule has 0 radical (unpaired) electrons. The molecule has 8 nitrogen and oxygen atoms in total. The number of benzene rings is 1. The van der Waals surface area contributed by atoms with Crippen molar-refractivity contribution in [3.63, 3.8) is 0 Å². The second kappa shape index (κ2) is 9.09. The molecule has 0 aliphatic heterocycles. The Balaban J connectivity index is 1.32. The molecule has 1 fully saturated rings. The van der Waals surface area contributed by atoms with E-state index in [-0.39, 0.29) is 5.91 Å². The van der Waals surface area contributed by atoms with Crippen LogP contribution in [-0.4, -0.2) is 52.3 Å². The standard InChI is InChI=1S/C22H28ClN7O/c1-29(2)20-16-6-4-5-7-18(16)27-22(28-20)26-15-10-8-14(9-11-15)12-24-21(31)17-13-25-30(3)19(17)23/h4-7,13-15H,8-12H2,1-3H3,(H,24,31)(H,26,27,28)/t14-,15+. The third-order valence-corrected chi connectivity index (χ3v) is 6.30. The lowest BCUT2D eigenvalue weighted by Gasteiger charge is -2.29. The summed E-state index contributed by atoms with van der Waals surface area (Å²) in [4.78, 5) is 23.8. The fourth-order valence-corrected chi connectivity index (χ4v) is 4.24. The molecule has 1 aromatic carbocycles. The largest absolute Gasteiger partial charge is 0.362 e. The summed E-state index contributed by atoms with van der Waals surface area (Å²) < 4.78 is 1.49. The van der Waals surface area contributed by atoms with Gasteiger partial charge in [-0.1, -0.05) is 23.7 Å².